The molecular weight excluding hydrogens is 415 g/mol. The number of fused-ring (bicyclic) bond motifs is 1. The van der Waals surface area contributed by atoms with E-state index < -0.39 is 0 Å². The summed E-state index contributed by atoms with van der Waals surface area (Å²) in [4.78, 5) is 7.65. The zero-order valence-corrected chi connectivity index (χ0v) is 17.1. The molecular formula is C18H29IN4O. The van der Waals surface area contributed by atoms with E-state index in [2.05, 4.69) is 58.7 Å². The maximum atomic E-state index is 5.57. The summed E-state index contributed by atoms with van der Waals surface area (Å²) < 4.78 is 5.57. The van der Waals surface area contributed by atoms with E-state index in [0.29, 0.717) is 5.92 Å². The van der Waals surface area contributed by atoms with Gasteiger partial charge < -0.3 is 20.4 Å². The Morgan fingerprint density at radius 1 is 1.25 bits per heavy atom. The molecule has 0 saturated carbocycles. The van der Waals surface area contributed by atoms with Crippen LogP contribution in [0.3, 0.4) is 0 Å². The Morgan fingerprint density at radius 2 is 2.04 bits per heavy atom. The van der Waals surface area contributed by atoms with Gasteiger partial charge in [-0.2, -0.15) is 0 Å². The molecule has 134 valence electrons. The summed E-state index contributed by atoms with van der Waals surface area (Å²) in [5, 5.41) is 7.86. The molecule has 0 radical (unpaired) electrons. The first kappa shape index (κ1) is 20.8. The fourth-order valence-electron chi connectivity index (χ4n) is 2.33. The number of hydrogen-bond donors (Lipinski definition) is 3. The molecule has 0 unspecified atom stereocenters. The summed E-state index contributed by atoms with van der Waals surface area (Å²) in [5.41, 5.74) is 2.31. The average Bonchev–Trinajstić information content (AvgIpc) is 2.96. The van der Waals surface area contributed by atoms with E-state index in [0.717, 1.165) is 49.9 Å². The van der Waals surface area contributed by atoms with Crippen LogP contribution in [-0.2, 0) is 11.3 Å². The number of H-pyrrole nitrogens is 1. The molecule has 5 nitrogen and oxygen atoms in total. The SMILES string of the molecule is CN=C(NCCCOCC(C)C)NCc1cc2ccccc2[nH]1.I. The predicted octanol–water partition coefficient (Wildman–Crippen LogP) is 3.51. The number of aromatic nitrogens is 1. The highest BCUT2D eigenvalue weighted by Crippen LogP contribution is 2.14. The second-order valence-electron chi connectivity index (χ2n) is 6.06. The molecule has 0 aliphatic heterocycles. The molecule has 0 amide bonds. The van der Waals surface area contributed by atoms with Crippen LogP contribution in [0.5, 0.6) is 0 Å². The Hall–Kier alpha value is -1.28. The largest absolute Gasteiger partial charge is 0.381 e. The zero-order chi connectivity index (χ0) is 16.5. The minimum Gasteiger partial charge on any atom is -0.381 e. The van der Waals surface area contributed by atoms with Gasteiger partial charge in [0.1, 0.15) is 0 Å². The summed E-state index contributed by atoms with van der Waals surface area (Å²) in [6, 6.07) is 10.4. The highest BCUT2D eigenvalue weighted by molar-refractivity contribution is 14.0. The lowest BCUT2D eigenvalue weighted by molar-refractivity contribution is 0.108. The van der Waals surface area contributed by atoms with E-state index >= 15 is 0 Å². The van der Waals surface area contributed by atoms with E-state index in [4.69, 9.17) is 4.74 Å². The molecule has 0 aliphatic carbocycles. The van der Waals surface area contributed by atoms with Crippen molar-refractivity contribution in [2.75, 3.05) is 26.8 Å². The second kappa shape index (κ2) is 11.3. The van der Waals surface area contributed by atoms with Crippen LogP contribution in [0.15, 0.2) is 35.3 Å². The Morgan fingerprint density at radius 3 is 2.75 bits per heavy atom. The first-order valence-corrected chi connectivity index (χ1v) is 8.28. The number of halogens is 1. The number of hydrogen-bond acceptors (Lipinski definition) is 2. The maximum absolute atomic E-state index is 5.57. The molecule has 0 bridgehead atoms. The molecule has 0 fully saturated rings. The molecule has 3 N–H and O–H groups in total. The van der Waals surface area contributed by atoms with Crippen LogP contribution in [0.4, 0.5) is 0 Å². The topological polar surface area (TPSA) is 61.4 Å². The van der Waals surface area contributed by atoms with Crippen molar-refractivity contribution in [3.63, 3.8) is 0 Å². The molecule has 0 saturated heterocycles. The van der Waals surface area contributed by atoms with Gasteiger partial charge in [-0.1, -0.05) is 32.0 Å². The highest BCUT2D eigenvalue weighted by Gasteiger charge is 2.02. The first-order chi connectivity index (χ1) is 11.2. The Bertz CT molecular complexity index is 591. The molecule has 2 rings (SSSR count). The molecule has 2 aromatic rings. The van der Waals surface area contributed by atoms with Crippen molar-refractivity contribution >= 4 is 40.8 Å². The van der Waals surface area contributed by atoms with Gasteiger partial charge in [0, 0.05) is 38.0 Å². The molecule has 24 heavy (non-hydrogen) atoms. The number of benzene rings is 1. The van der Waals surface area contributed by atoms with E-state index in [1.165, 1.54) is 5.39 Å². The minimum absolute atomic E-state index is 0. The third kappa shape index (κ3) is 7.09. The fourth-order valence-corrected chi connectivity index (χ4v) is 2.33. The number of nitrogens with zero attached hydrogens (tertiary/aromatic N) is 1. The lowest BCUT2D eigenvalue weighted by atomic mass is 10.2. The summed E-state index contributed by atoms with van der Waals surface area (Å²) in [7, 11) is 1.79. The third-order valence-corrected chi connectivity index (χ3v) is 3.46. The Balaban J connectivity index is 0.00000288. The normalized spacial score (nSPS) is 11.6. The predicted molar refractivity (Wildman–Crippen MR) is 112 cm³/mol. The standard InChI is InChI=1S/C18H28N4O.HI/c1-14(2)13-23-10-6-9-20-18(19-3)21-12-16-11-15-7-4-5-8-17(15)22-16;/h4-5,7-8,11,14,22H,6,9-10,12-13H2,1-3H3,(H2,19,20,21);1H. The van der Waals surface area contributed by atoms with Crippen LogP contribution < -0.4 is 10.6 Å². The van der Waals surface area contributed by atoms with Gasteiger partial charge in [-0.15, -0.1) is 24.0 Å². The number of aliphatic imine (C=N–C) groups is 1. The Kier molecular flexibility index (Phi) is 9.78. The quantitative estimate of drug-likeness (QED) is 0.253. The molecule has 0 spiro atoms. The number of nitrogens with one attached hydrogen (secondary N) is 3. The molecule has 0 atom stereocenters. The lowest BCUT2D eigenvalue weighted by Gasteiger charge is -2.11. The van der Waals surface area contributed by atoms with Gasteiger partial charge in [0.25, 0.3) is 0 Å². The van der Waals surface area contributed by atoms with Gasteiger partial charge in [0.05, 0.1) is 6.54 Å². The van der Waals surface area contributed by atoms with Crippen LogP contribution >= 0.6 is 24.0 Å². The third-order valence-electron chi connectivity index (χ3n) is 3.46. The minimum atomic E-state index is 0. The summed E-state index contributed by atoms with van der Waals surface area (Å²) >= 11 is 0. The molecule has 1 aromatic heterocycles. The van der Waals surface area contributed by atoms with E-state index in [9.17, 15) is 0 Å². The van der Waals surface area contributed by atoms with Gasteiger partial charge in [-0.25, -0.2) is 0 Å². The van der Waals surface area contributed by atoms with Crippen LogP contribution in [0.1, 0.15) is 26.0 Å². The van der Waals surface area contributed by atoms with Crippen molar-refractivity contribution < 1.29 is 4.74 Å². The van der Waals surface area contributed by atoms with Crippen molar-refractivity contribution in [3.05, 3.63) is 36.0 Å². The van der Waals surface area contributed by atoms with Crippen molar-refractivity contribution in [3.8, 4) is 0 Å². The van der Waals surface area contributed by atoms with Gasteiger partial charge in [0.15, 0.2) is 5.96 Å². The summed E-state index contributed by atoms with van der Waals surface area (Å²) in [6.07, 6.45) is 0.972. The second-order valence-corrected chi connectivity index (χ2v) is 6.06. The van der Waals surface area contributed by atoms with Gasteiger partial charge in [-0.05, 0) is 29.9 Å². The van der Waals surface area contributed by atoms with Crippen molar-refractivity contribution in [1.29, 1.82) is 0 Å². The van der Waals surface area contributed by atoms with Crippen molar-refractivity contribution in [1.82, 2.24) is 15.6 Å². The van der Waals surface area contributed by atoms with Crippen LogP contribution in [-0.4, -0.2) is 37.7 Å². The number of aromatic amines is 1. The number of para-hydroxylation sites is 1. The van der Waals surface area contributed by atoms with Gasteiger partial charge >= 0.3 is 0 Å². The van der Waals surface area contributed by atoms with Crippen LogP contribution in [0, 0.1) is 5.92 Å². The number of rotatable bonds is 8. The number of guanidine groups is 1. The van der Waals surface area contributed by atoms with E-state index in [1.807, 2.05) is 6.07 Å². The molecule has 1 aromatic carbocycles. The molecule has 0 aliphatic rings. The molecule has 1 heterocycles. The summed E-state index contributed by atoms with van der Waals surface area (Å²) in [6.45, 7) is 7.50. The monoisotopic (exact) mass is 444 g/mol. The van der Waals surface area contributed by atoms with Crippen molar-refractivity contribution in [2.45, 2.75) is 26.8 Å². The van der Waals surface area contributed by atoms with Crippen LogP contribution in [0.25, 0.3) is 10.9 Å². The van der Waals surface area contributed by atoms with Gasteiger partial charge in [-0.3, -0.25) is 4.99 Å². The number of ether oxygens (including phenoxy) is 1. The smallest absolute Gasteiger partial charge is 0.191 e. The molecule has 6 heteroatoms. The lowest BCUT2D eigenvalue weighted by Crippen LogP contribution is -2.37. The average molecular weight is 444 g/mol. The zero-order valence-electron chi connectivity index (χ0n) is 14.8. The Labute approximate surface area is 161 Å². The van der Waals surface area contributed by atoms with Gasteiger partial charge in [0.2, 0.25) is 0 Å². The highest BCUT2D eigenvalue weighted by atomic mass is 127. The van der Waals surface area contributed by atoms with E-state index in [1.54, 1.807) is 7.05 Å². The van der Waals surface area contributed by atoms with Crippen molar-refractivity contribution in [2.24, 2.45) is 10.9 Å². The maximum Gasteiger partial charge on any atom is 0.191 e. The fraction of sp³-hybridized carbons (Fsp3) is 0.500. The summed E-state index contributed by atoms with van der Waals surface area (Å²) in [5.74, 6) is 1.40. The van der Waals surface area contributed by atoms with E-state index in [-0.39, 0.29) is 24.0 Å². The van der Waals surface area contributed by atoms with Crippen LogP contribution in [0.2, 0.25) is 0 Å². The first-order valence-electron chi connectivity index (χ1n) is 8.28.